The number of carboxylic acids is 1. The fourth-order valence-electron chi connectivity index (χ4n) is 5.86. The van der Waals surface area contributed by atoms with Gasteiger partial charge in [0.15, 0.2) is 23.1 Å². The van der Waals surface area contributed by atoms with Crippen LogP contribution in [0.3, 0.4) is 0 Å². The number of likely N-dealkylation sites (tertiary alicyclic amines) is 1. The normalized spacial score (nSPS) is 20.6. The molecule has 0 unspecified atom stereocenters. The molecule has 0 radical (unpaired) electrons. The highest BCUT2D eigenvalue weighted by molar-refractivity contribution is 7.89. The summed E-state index contributed by atoms with van der Waals surface area (Å²) in [5.41, 5.74) is 1.28. The molecule has 2 aliphatic heterocycles. The van der Waals surface area contributed by atoms with Crippen LogP contribution in [0.1, 0.15) is 69.5 Å². The summed E-state index contributed by atoms with van der Waals surface area (Å²) in [4.78, 5) is 14.8. The van der Waals surface area contributed by atoms with Crippen molar-refractivity contribution in [1.82, 2.24) is 9.21 Å². The van der Waals surface area contributed by atoms with E-state index < -0.39 is 39.7 Å². The minimum atomic E-state index is -3.47. The number of nitrogens with zero attached hydrogens (tertiary/aromatic N) is 2. The molecule has 3 atom stereocenters. The fraction of sp³-hybridized carbons (Fsp3) is 0.567. The van der Waals surface area contributed by atoms with E-state index in [4.69, 9.17) is 14.2 Å². The molecule has 0 aliphatic carbocycles. The average Bonchev–Trinajstić information content (AvgIpc) is 3.56. The lowest BCUT2D eigenvalue weighted by Crippen LogP contribution is -2.40. The van der Waals surface area contributed by atoms with E-state index in [-0.39, 0.29) is 24.8 Å². The first kappa shape index (κ1) is 31.1. The lowest BCUT2D eigenvalue weighted by molar-refractivity contribution is -0.143. The van der Waals surface area contributed by atoms with Gasteiger partial charge >= 0.3 is 5.97 Å². The van der Waals surface area contributed by atoms with Crippen molar-refractivity contribution in [1.29, 1.82) is 0 Å². The van der Waals surface area contributed by atoms with Crippen LogP contribution in [0, 0.1) is 11.7 Å². The van der Waals surface area contributed by atoms with Crippen LogP contribution in [-0.4, -0.2) is 74.0 Å². The van der Waals surface area contributed by atoms with Crippen molar-refractivity contribution >= 4 is 16.0 Å². The first-order chi connectivity index (χ1) is 19.7. The molecular weight excluding hydrogens is 551 g/mol. The molecule has 1 N–H and O–H groups in total. The topological polar surface area (TPSA) is 106 Å². The largest absolute Gasteiger partial charge is 0.491 e. The van der Waals surface area contributed by atoms with Crippen LogP contribution in [0.5, 0.6) is 17.2 Å². The number of carbonyl (C=O) groups is 1. The van der Waals surface area contributed by atoms with Crippen molar-refractivity contribution in [3.8, 4) is 17.2 Å². The van der Waals surface area contributed by atoms with Crippen LogP contribution < -0.4 is 14.2 Å². The second kappa shape index (κ2) is 13.8. The van der Waals surface area contributed by atoms with Gasteiger partial charge in [-0.15, -0.1) is 0 Å². The lowest BCUT2D eigenvalue weighted by Gasteiger charge is -2.30. The first-order valence-corrected chi connectivity index (χ1v) is 16.1. The number of fused-ring (bicyclic) bond motifs is 1. The number of ether oxygens (including phenoxy) is 3. The minimum absolute atomic E-state index is 0.0892. The molecule has 0 saturated carbocycles. The monoisotopic (exact) mass is 592 g/mol. The van der Waals surface area contributed by atoms with Gasteiger partial charge in [0.1, 0.15) is 0 Å². The summed E-state index contributed by atoms with van der Waals surface area (Å²) in [5, 5.41) is 10.5. The SMILES string of the molecule is CCCCCS(=O)(=O)N(CCC)CCN1C[C@H](c2ccc3c(c2)OCO3)[C@@H](C(=O)O)[C@@H]1c1ccc(OCC)c(F)c1. The molecule has 0 bridgehead atoms. The summed E-state index contributed by atoms with van der Waals surface area (Å²) in [6.07, 6.45) is 3.03. The number of hydrogen-bond donors (Lipinski definition) is 1. The summed E-state index contributed by atoms with van der Waals surface area (Å²) in [6.45, 7) is 7.40. The number of carboxylic acid groups (broad SMARTS) is 1. The summed E-state index contributed by atoms with van der Waals surface area (Å²) >= 11 is 0. The predicted octanol–water partition coefficient (Wildman–Crippen LogP) is 5.03. The Kier molecular flexibility index (Phi) is 10.5. The van der Waals surface area contributed by atoms with Gasteiger partial charge in [-0.25, -0.2) is 17.1 Å². The predicted molar refractivity (Wildman–Crippen MR) is 153 cm³/mol. The van der Waals surface area contributed by atoms with Gasteiger partial charge in [0.05, 0.1) is 18.3 Å². The maximum Gasteiger partial charge on any atom is 0.309 e. The average molecular weight is 593 g/mol. The standard InChI is InChI=1S/C30H41FN2O7S/c1-4-7-8-16-41(36,37)33(13-5-2)15-14-32-19-23(21-9-12-26-27(18-21)40-20-39-26)28(30(34)35)29(32)22-10-11-25(38-6-3)24(31)17-22/h9-12,17-18,23,28-29H,4-8,13-16,19-20H2,1-3H3,(H,34,35)/t23-,28-,29+/m1/s1. The van der Waals surface area contributed by atoms with Crippen molar-refractivity contribution in [2.45, 2.75) is 58.4 Å². The van der Waals surface area contributed by atoms with Crippen molar-refractivity contribution in [3.63, 3.8) is 0 Å². The fourth-order valence-corrected chi connectivity index (χ4v) is 7.50. The van der Waals surface area contributed by atoms with Gasteiger partial charge in [-0.3, -0.25) is 9.69 Å². The molecule has 0 aromatic heterocycles. The molecule has 41 heavy (non-hydrogen) atoms. The van der Waals surface area contributed by atoms with Gasteiger partial charge in [-0.05, 0) is 55.2 Å². The molecule has 2 aliphatic rings. The highest BCUT2D eigenvalue weighted by Crippen LogP contribution is 2.48. The zero-order chi connectivity index (χ0) is 29.6. The molecule has 4 rings (SSSR count). The Morgan fingerprint density at radius 1 is 1.05 bits per heavy atom. The summed E-state index contributed by atoms with van der Waals surface area (Å²) in [7, 11) is -3.47. The van der Waals surface area contributed by atoms with E-state index in [1.54, 1.807) is 19.1 Å². The molecule has 1 saturated heterocycles. The second-order valence-corrected chi connectivity index (χ2v) is 12.7. The van der Waals surface area contributed by atoms with E-state index in [0.717, 1.165) is 18.4 Å². The zero-order valence-corrected chi connectivity index (χ0v) is 24.9. The number of aliphatic carboxylic acids is 1. The zero-order valence-electron chi connectivity index (χ0n) is 24.1. The molecule has 2 aromatic rings. The van der Waals surface area contributed by atoms with Crippen molar-refractivity contribution in [2.75, 3.05) is 45.3 Å². The Hall–Kier alpha value is -2.89. The molecular formula is C30H41FN2O7S. The van der Waals surface area contributed by atoms with Gasteiger partial charge in [0, 0.05) is 38.1 Å². The van der Waals surface area contributed by atoms with Gasteiger partial charge in [0.25, 0.3) is 0 Å². The van der Waals surface area contributed by atoms with Crippen LogP contribution in [0.15, 0.2) is 36.4 Å². The van der Waals surface area contributed by atoms with E-state index in [2.05, 4.69) is 0 Å². The highest BCUT2D eigenvalue weighted by atomic mass is 32.2. The Labute approximate surface area is 242 Å². The molecule has 2 heterocycles. The van der Waals surface area contributed by atoms with E-state index in [1.165, 1.54) is 16.4 Å². The molecule has 226 valence electrons. The van der Waals surface area contributed by atoms with E-state index in [0.29, 0.717) is 56.1 Å². The van der Waals surface area contributed by atoms with Crippen LogP contribution in [0.4, 0.5) is 4.39 Å². The summed E-state index contributed by atoms with van der Waals surface area (Å²) < 4.78 is 59.3. The Morgan fingerprint density at radius 3 is 2.49 bits per heavy atom. The maximum absolute atomic E-state index is 15.0. The van der Waals surface area contributed by atoms with E-state index >= 15 is 4.39 Å². The highest BCUT2D eigenvalue weighted by Gasteiger charge is 2.48. The number of rotatable bonds is 15. The van der Waals surface area contributed by atoms with Crippen LogP contribution in [0.25, 0.3) is 0 Å². The van der Waals surface area contributed by atoms with Crippen LogP contribution in [0.2, 0.25) is 0 Å². The van der Waals surface area contributed by atoms with Gasteiger partial charge in [-0.1, -0.05) is 38.8 Å². The molecule has 0 amide bonds. The maximum atomic E-state index is 15.0. The Balaban J connectivity index is 1.67. The van der Waals surface area contributed by atoms with Gasteiger partial charge in [0.2, 0.25) is 16.8 Å². The third-order valence-electron chi connectivity index (χ3n) is 7.81. The quantitative estimate of drug-likeness (QED) is 0.287. The second-order valence-electron chi connectivity index (χ2n) is 10.6. The minimum Gasteiger partial charge on any atom is -0.491 e. The number of benzene rings is 2. The third-order valence-corrected chi connectivity index (χ3v) is 9.77. The number of hydrogen-bond acceptors (Lipinski definition) is 7. The third kappa shape index (κ3) is 7.13. The molecule has 1 fully saturated rings. The molecule has 0 spiro atoms. The van der Waals surface area contributed by atoms with Crippen molar-refractivity contribution in [2.24, 2.45) is 5.92 Å². The molecule has 11 heteroatoms. The summed E-state index contributed by atoms with van der Waals surface area (Å²) in [6, 6.07) is 9.32. The summed E-state index contributed by atoms with van der Waals surface area (Å²) in [5.74, 6) is -1.57. The number of unbranched alkanes of at least 4 members (excludes halogenated alkanes) is 2. The lowest BCUT2D eigenvalue weighted by atomic mass is 9.82. The molecule has 2 aromatic carbocycles. The number of halogens is 1. The van der Waals surface area contributed by atoms with Gasteiger partial charge in [-0.2, -0.15) is 0 Å². The Bertz CT molecular complexity index is 1310. The van der Waals surface area contributed by atoms with E-state index in [1.807, 2.05) is 30.9 Å². The van der Waals surface area contributed by atoms with Crippen molar-refractivity contribution in [3.05, 3.63) is 53.3 Å². The van der Waals surface area contributed by atoms with Crippen LogP contribution >= 0.6 is 0 Å². The molecule has 9 nitrogen and oxygen atoms in total. The van der Waals surface area contributed by atoms with E-state index in [9.17, 15) is 18.3 Å². The van der Waals surface area contributed by atoms with Crippen molar-refractivity contribution < 1.29 is 36.9 Å². The first-order valence-electron chi connectivity index (χ1n) is 14.5. The van der Waals surface area contributed by atoms with Crippen LogP contribution in [-0.2, 0) is 14.8 Å². The number of sulfonamides is 1. The van der Waals surface area contributed by atoms with Gasteiger partial charge < -0.3 is 19.3 Å². The smallest absolute Gasteiger partial charge is 0.309 e. The Morgan fingerprint density at radius 2 is 1.80 bits per heavy atom.